The van der Waals surface area contributed by atoms with E-state index in [2.05, 4.69) is 30.8 Å². The van der Waals surface area contributed by atoms with Gasteiger partial charge in [0.2, 0.25) is 0 Å². The van der Waals surface area contributed by atoms with Gasteiger partial charge in [-0.05, 0) is 49.2 Å². The topological polar surface area (TPSA) is 118 Å². The van der Waals surface area contributed by atoms with Crippen LogP contribution >= 0.6 is 0 Å². The van der Waals surface area contributed by atoms with E-state index in [0.717, 1.165) is 25.1 Å². The molecule has 0 fully saturated rings. The minimum atomic E-state index is -0.316. The van der Waals surface area contributed by atoms with Gasteiger partial charge in [0, 0.05) is 12.7 Å². The van der Waals surface area contributed by atoms with Gasteiger partial charge in [0.25, 0.3) is 5.91 Å². The SMILES string of the molecule is C[C@H](CO)n1cnnc1-c1cccc(NC(=O)c2cc3c(cn2)CCNC3)n1. The molecule has 1 aliphatic rings. The van der Waals surface area contributed by atoms with Gasteiger partial charge in [-0.25, -0.2) is 4.98 Å². The summed E-state index contributed by atoms with van der Waals surface area (Å²) in [5.74, 6) is 0.602. The van der Waals surface area contributed by atoms with E-state index in [-0.39, 0.29) is 18.6 Å². The van der Waals surface area contributed by atoms with Crippen molar-refractivity contribution >= 4 is 11.7 Å². The molecule has 0 aliphatic carbocycles. The number of aromatic nitrogens is 5. The van der Waals surface area contributed by atoms with E-state index in [0.29, 0.717) is 23.0 Å². The maximum absolute atomic E-state index is 12.6. The van der Waals surface area contributed by atoms with E-state index >= 15 is 0 Å². The molecular weight excluding hydrogens is 358 g/mol. The molecule has 9 heteroatoms. The average molecular weight is 379 g/mol. The van der Waals surface area contributed by atoms with Crippen molar-refractivity contribution in [3.63, 3.8) is 0 Å². The smallest absolute Gasteiger partial charge is 0.275 e. The van der Waals surface area contributed by atoms with Crippen molar-refractivity contribution in [1.29, 1.82) is 0 Å². The number of nitrogens with zero attached hydrogens (tertiary/aromatic N) is 5. The number of aliphatic hydroxyl groups excluding tert-OH is 1. The number of aliphatic hydroxyl groups is 1. The zero-order valence-corrected chi connectivity index (χ0v) is 15.5. The van der Waals surface area contributed by atoms with Crippen LogP contribution in [0.25, 0.3) is 11.5 Å². The zero-order valence-electron chi connectivity index (χ0n) is 15.5. The second kappa shape index (κ2) is 7.83. The van der Waals surface area contributed by atoms with Gasteiger partial charge in [-0.3, -0.25) is 9.78 Å². The molecule has 0 spiro atoms. The molecule has 0 saturated heterocycles. The van der Waals surface area contributed by atoms with Gasteiger partial charge in [0.05, 0.1) is 12.6 Å². The highest BCUT2D eigenvalue weighted by Gasteiger charge is 2.16. The fourth-order valence-electron chi connectivity index (χ4n) is 3.13. The van der Waals surface area contributed by atoms with Gasteiger partial charge in [-0.2, -0.15) is 0 Å². The molecular formula is C19H21N7O2. The number of rotatable bonds is 5. The monoisotopic (exact) mass is 379 g/mol. The summed E-state index contributed by atoms with van der Waals surface area (Å²) < 4.78 is 1.74. The Morgan fingerprint density at radius 3 is 3.14 bits per heavy atom. The quantitative estimate of drug-likeness (QED) is 0.609. The molecule has 4 heterocycles. The fraction of sp³-hybridized carbons (Fsp3) is 0.316. The number of carbonyl (C=O) groups is 1. The van der Waals surface area contributed by atoms with Crippen LogP contribution in [0.2, 0.25) is 0 Å². The molecule has 1 aliphatic heterocycles. The largest absolute Gasteiger partial charge is 0.394 e. The Labute approximate surface area is 161 Å². The van der Waals surface area contributed by atoms with Crippen LogP contribution in [0, 0.1) is 0 Å². The summed E-state index contributed by atoms with van der Waals surface area (Å²) in [6.07, 6.45) is 4.24. The van der Waals surface area contributed by atoms with Gasteiger partial charge in [0.15, 0.2) is 5.82 Å². The molecule has 0 radical (unpaired) electrons. The van der Waals surface area contributed by atoms with E-state index in [9.17, 15) is 9.90 Å². The molecule has 144 valence electrons. The van der Waals surface area contributed by atoms with Gasteiger partial charge >= 0.3 is 0 Å². The third-order valence-electron chi connectivity index (χ3n) is 4.73. The first kappa shape index (κ1) is 18.2. The Balaban J connectivity index is 1.56. The molecule has 0 unspecified atom stereocenters. The molecule has 4 rings (SSSR count). The molecule has 0 bridgehead atoms. The second-order valence-electron chi connectivity index (χ2n) is 6.72. The molecule has 1 amide bonds. The van der Waals surface area contributed by atoms with Crippen molar-refractivity contribution in [2.24, 2.45) is 0 Å². The number of carbonyl (C=O) groups excluding carboxylic acids is 1. The average Bonchev–Trinajstić information content (AvgIpc) is 3.23. The van der Waals surface area contributed by atoms with E-state index in [4.69, 9.17) is 0 Å². The van der Waals surface area contributed by atoms with Crippen molar-refractivity contribution in [1.82, 2.24) is 30.0 Å². The first-order valence-electron chi connectivity index (χ1n) is 9.13. The minimum Gasteiger partial charge on any atom is -0.394 e. The number of amides is 1. The van der Waals surface area contributed by atoms with Gasteiger partial charge < -0.3 is 20.3 Å². The van der Waals surface area contributed by atoms with E-state index in [1.165, 1.54) is 5.56 Å². The van der Waals surface area contributed by atoms with Crippen LogP contribution in [-0.4, -0.2) is 48.9 Å². The Hall–Kier alpha value is -3.17. The summed E-state index contributed by atoms with van der Waals surface area (Å²) in [5, 5.41) is 23.5. The van der Waals surface area contributed by atoms with Crippen molar-refractivity contribution in [3.8, 4) is 11.5 Å². The van der Waals surface area contributed by atoms with Gasteiger partial charge in [0.1, 0.15) is 23.5 Å². The second-order valence-corrected chi connectivity index (χ2v) is 6.72. The van der Waals surface area contributed by atoms with Crippen LogP contribution in [-0.2, 0) is 13.0 Å². The lowest BCUT2D eigenvalue weighted by Crippen LogP contribution is -2.25. The predicted molar refractivity (Wildman–Crippen MR) is 103 cm³/mol. The fourth-order valence-corrected chi connectivity index (χ4v) is 3.13. The minimum absolute atomic E-state index is 0.0413. The third kappa shape index (κ3) is 3.62. The number of nitrogens with one attached hydrogen (secondary N) is 2. The standard InChI is InChI=1S/C19H21N7O2/c1-12(10-27)26-11-22-25-18(26)15-3-2-4-17(23-15)24-19(28)16-7-14-8-20-6-5-13(14)9-21-16/h2-4,7,9,11-12,20,27H,5-6,8,10H2,1H3,(H,23,24,28)/t12-/m1/s1. The molecule has 0 aromatic carbocycles. The van der Waals surface area contributed by atoms with Crippen LogP contribution in [0.15, 0.2) is 36.8 Å². The molecule has 9 nitrogen and oxygen atoms in total. The Bertz CT molecular complexity index is 1000. The van der Waals surface area contributed by atoms with Crippen molar-refractivity contribution in [2.45, 2.75) is 25.9 Å². The third-order valence-corrected chi connectivity index (χ3v) is 4.73. The molecule has 28 heavy (non-hydrogen) atoms. The normalized spacial score (nSPS) is 14.4. The number of pyridine rings is 2. The van der Waals surface area contributed by atoms with E-state index < -0.39 is 0 Å². The molecule has 3 aromatic heterocycles. The molecule has 3 aromatic rings. The molecule has 1 atom stereocenters. The van der Waals surface area contributed by atoms with Crippen LogP contribution in [0.4, 0.5) is 5.82 Å². The van der Waals surface area contributed by atoms with E-state index in [1.807, 2.05) is 13.0 Å². The zero-order chi connectivity index (χ0) is 19.5. The lowest BCUT2D eigenvalue weighted by atomic mass is 10.0. The van der Waals surface area contributed by atoms with Crippen LogP contribution in [0.5, 0.6) is 0 Å². The Morgan fingerprint density at radius 2 is 2.29 bits per heavy atom. The first-order chi connectivity index (χ1) is 13.7. The van der Waals surface area contributed by atoms with Crippen LogP contribution < -0.4 is 10.6 Å². The highest BCUT2D eigenvalue weighted by molar-refractivity contribution is 6.02. The van der Waals surface area contributed by atoms with Crippen molar-refractivity contribution in [2.75, 3.05) is 18.5 Å². The summed E-state index contributed by atoms with van der Waals surface area (Å²) >= 11 is 0. The summed E-state index contributed by atoms with van der Waals surface area (Å²) in [6.45, 7) is 3.48. The van der Waals surface area contributed by atoms with Crippen molar-refractivity contribution < 1.29 is 9.90 Å². The lowest BCUT2D eigenvalue weighted by molar-refractivity contribution is 0.102. The Morgan fingerprint density at radius 1 is 1.39 bits per heavy atom. The van der Waals surface area contributed by atoms with Crippen molar-refractivity contribution in [3.05, 3.63) is 53.6 Å². The molecule has 0 saturated carbocycles. The highest BCUT2D eigenvalue weighted by Crippen LogP contribution is 2.20. The summed E-state index contributed by atoms with van der Waals surface area (Å²) in [5.41, 5.74) is 3.18. The highest BCUT2D eigenvalue weighted by atomic mass is 16.3. The van der Waals surface area contributed by atoms with Gasteiger partial charge in [-0.1, -0.05) is 6.07 Å². The number of hydrogen-bond acceptors (Lipinski definition) is 7. The lowest BCUT2D eigenvalue weighted by Gasteiger charge is -2.17. The summed E-state index contributed by atoms with van der Waals surface area (Å²) in [4.78, 5) is 21.4. The maximum Gasteiger partial charge on any atom is 0.275 e. The van der Waals surface area contributed by atoms with E-state index in [1.54, 1.807) is 35.3 Å². The number of hydrogen-bond donors (Lipinski definition) is 3. The maximum atomic E-state index is 12.6. The summed E-state index contributed by atoms with van der Waals surface area (Å²) in [7, 11) is 0. The van der Waals surface area contributed by atoms with Gasteiger partial charge in [-0.15, -0.1) is 10.2 Å². The number of fused-ring (bicyclic) bond motifs is 1. The predicted octanol–water partition coefficient (Wildman–Crippen LogP) is 1.19. The number of anilines is 1. The molecule has 3 N–H and O–H groups in total. The van der Waals surface area contributed by atoms with Crippen LogP contribution in [0.3, 0.4) is 0 Å². The summed E-state index contributed by atoms with van der Waals surface area (Å²) in [6, 6.07) is 6.91. The van der Waals surface area contributed by atoms with Crippen LogP contribution in [0.1, 0.15) is 34.6 Å². The first-order valence-corrected chi connectivity index (χ1v) is 9.13. The Kier molecular flexibility index (Phi) is 5.09.